The summed E-state index contributed by atoms with van der Waals surface area (Å²) in [6.07, 6.45) is 2.30. The van der Waals surface area contributed by atoms with Gasteiger partial charge in [0.25, 0.3) is 0 Å². The largest absolute Gasteiger partial charge is 0.396 e. The van der Waals surface area contributed by atoms with E-state index in [1.807, 2.05) is 19.9 Å². The number of hydrogen-bond donors (Lipinski definition) is 1. The number of hydrogen-bond acceptors (Lipinski definition) is 1. The lowest BCUT2D eigenvalue weighted by Crippen LogP contribution is -1.97. The number of benzene rings is 1. The first-order valence-electron chi connectivity index (χ1n) is 5.07. The van der Waals surface area contributed by atoms with E-state index in [9.17, 15) is 4.39 Å². The highest BCUT2D eigenvalue weighted by molar-refractivity contribution is 5.32. The molecule has 1 aromatic rings. The van der Waals surface area contributed by atoms with Gasteiger partial charge in [0.05, 0.1) is 0 Å². The van der Waals surface area contributed by atoms with Gasteiger partial charge in [-0.3, -0.25) is 0 Å². The lowest BCUT2D eigenvalue weighted by atomic mass is 9.99. The normalized spacial score (nSPS) is 10.6. The van der Waals surface area contributed by atoms with E-state index < -0.39 is 0 Å². The molecule has 0 fully saturated rings. The molecule has 78 valence electrons. The fourth-order valence-electron chi connectivity index (χ4n) is 1.58. The first-order chi connectivity index (χ1) is 6.69. The Kier molecular flexibility index (Phi) is 4.08. The van der Waals surface area contributed by atoms with Gasteiger partial charge in [-0.05, 0) is 48.9 Å². The minimum atomic E-state index is -0.113. The summed E-state index contributed by atoms with van der Waals surface area (Å²) in [4.78, 5) is 0. The fourth-order valence-corrected chi connectivity index (χ4v) is 1.58. The van der Waals surface area contributed by atoms with Crippen molar-refractivity contribution < 1.29 is 9.50 Å². The first-order valence-corrected chi connectivity index (χ1v) is 5.07. The molecular formula is C12H17FO. The smallest absolute Gasteiger partial charge is 0.126 e. The number of aliphatic hydroxyl groups is 1. The number of aryl methyl sites for hydroxylation is 3. The zero-order valence-electron chi connectivity index (χ0n) is 8.81. The van der Waals surface area contributed by atoms with Gasteiger partial charge in [-0.1, -0.05) is 13.0 Å². The maximum atomic E-state index is 13.3. The predicted molar refractivity (Wildman–Crippen MR) is 55.9 cm³/mol. The van der Waals surface area contributed by atoms with Gasteiger partial charge in [-0.25, -0.2) is 4.39 Å². The zero-order chi connectivity index (χ0) is 10.6. The van der Waals surface area contributed by atoms with E-state index in [4.69, 9.17) is 5.11 Å². The van der Waals surface area contributed by atoms with Crippen LogP contribution in [-0.2, 0) is 12.8 Å². The van der Waals surface area contributed by atoms with Crippen LogP contribution in [0.4, 0.5) is 4.39 Å². The van der Waals surface area contributed by atoms with E-state index in [1.54, 1.807) is 6.07 Å². The molecule has 0 unspecified atom stereocenters. The number of halogens is 1. The molecule has 0 saturated heterocycles. The molecule has 0 aromatic heterocycles. The molecule has 0 aliphatic rings. The van der Waals surface area contributed by atoms with Gasteiger partial charge in [-0.2, -0.15) is 0 Å². The van der Waals surface area contributed by atoms with Crippen LogP contribution in [0.5, 0.6) is 0 Å². The molecule has 0 heterocycles. The SMILES string of the molecule is CCc1cc(CCCO)c(C)cc1F. The van der Waals surface area contributed by atoms with Crippen molar-refractivity contribution >= 4 is 0 Å². The monoisotopic (exact) mass is 196 g/mol. The standard InChI is InChI=1S/C12H17FO/c1-3-10-8-11(5-4-6-14)9(2)7-12(10)13/h7-8,14H,3-6H2,1-2H3. The van der Waals surface area contributed by atoms with Gasteiger partial charge in [0.2, 0.25) is 0 Å². The Morgan fingerprint density at radius 2 is 2.00 bits per heavy atom. The Morgan fingerprint density at radius 1 is 1.29 bits per heavy atom. The van der Waals surface area contributed by atoms with Crippen LogP contribution in [0.25, 0.3) is 0 Å². The molecule has 1 nitrogen and oxygen atoms in total. The minimum Gasteiger partial charge on any atom is -0.396 e. The average molecular weight is 196 g/mol. The van der Waals surface area contributed by atoms with Crippen molar-refractivity contribution in [1.29, 1.82) is 0 Å². The quantitative estimate of drug-likeness (QED) is 0.784. The highest BCUT2D eigenvalue weighted by Crippen LogP contribution is 2.17. The highest BCUT2D eigenvalue weighted by atomic mass is 19.1. The maximum Gasteiger partial charge on any atom is 0.126 e. The second-order valence-corrected chi connectivity index (χ2v) is 3.55. The topological polar surface area (TPSA) is 20.2 Å². The summed E-state index contributed by atoms with van der Waals surface area (Å²) < 4.78 is 13.3. The van der Waals surface area contributed by atoms with E-state index in [0.29, 0.717) is 0 Å². The van der Waals surface area contributed by atoms with Crippen LogP contribution in [-0.4, -0.2) is 11.7 Å². The number of aliphatic hydroxyl groups excluding tert-OH is 1. The Morgan fingerprint density at radius 3 is 2.57 bits per heavy atom. The Bertz CT molecular complexity index is 307. The van der Waals surface area contributed by atoms with Gasteiger partial charge in [-0.15, -0.1) is 0 Å². The molecule has 0 aliphatic carbocycles. The molecule has 0 amide bonds. The first kappa shape index (κ1) is 11.2. The van der Waals surface area contributed by atoms with Gasteiger partial charge in [0, 0.05) is 6.61 Å². The van der Waals surface area contributed by atoms with E-state index in [1.165, 1.54) is 0 Å². The minimum absolute atomic E-state index is 0.113. The second-order valence-electron chi connectivity index (χ2n) is 3.55. The molecule has 2 heteroatoms. The van der Waals surface area contributed by atoms with Crippen LogP contribution >= 0.6 is 0 Å². The van der Waals surface area contributed by atoms with E-state index in [0.717, 1.165) is 36.0 Å². The summed E-state index contributed by atoms with van der Waals surface area (Å²) in [7, 11) is 0. The Balaban J connectivity index is 2.92. The fraction of sp³-hybridized carbons (Fsp3) is 0.500. The van der Waals surface area contributed by atoms with Crippen LogP contribution in [0.15, 0.2) is 12.1 Å². The molecule has 0 saturated carbocycles. The predicted octanol–water partition coefficient (Wildman–Crippen LogP) is 2.62. The van der Waals surface area contributed by atoms with Crippen molar-refractivity contribution in [3.63, 3.8) is 0 Å². The summed E-state index contributed by atoms with van der Waals surface area (Å²) in [5, 5.41) is 8.73. The molecule has 0 spiro atoms. The van der Waals surface area contributed by atoms with Gasteiger partial charge in [0.1, 0.15) is 5.82 Å². The molecule has 0 atom stereocenters. The Labute approximate surface area is 84.6 Å². The average Bonchev–Trinajstić information content (AvgIpc) is 2.17. The van der Waals surface area contributed by atoms with E-state index in [-0.39, 0.29) is 12.4 Å². The molecule has 14 heavy (non-hydrogen) atoms. The van der Waals surface area contributed by atoms with Gasteiger partial charge in [0.15, 0.2) is 0 Å². The second kappa shape index (κ2) is 5.11. The van der Waals surface area contributed by atoms with Crippen molar-refractivity contribution in [2.45, 2.75) is 33.1 Å². The molecule has 1 N–H and O–H groups in total. The summed E-state index contributed by atoms with van der Waals surface area (Å²) in [6, 6.07) is 3.51. The van der Waals surface area contributed by atoms with E-state index in [2.05, 4.69) is 0 Å². The lowest BCUT2D eigenvalue weighted by molar-refractivity contribution is 0.288. The van der Waals surface area contributed by atoms with Crippen LogP contribution in [0.3, 0.4) is 0 Å². The van der Waals surface area contributed by atoms with Crippen LogP contribution in [0.1, 0.15) is 30.0 Å². The summed E-state index contributed by atoms with van der Waals surface area (Å²) in [5.41, 5.74) is 2.90. The molecule has 1 rings (SSSR count). The van der Waals surface area contributed by atoms with Crippen LogP contribution in [0.2, 0.25) is 0 Å². The van der Waals surface area contributed by atoms with Crippen molar-refractivity contribution in [3.8, 4) is 0 Å². The number of rotatable bonds is 4. The lowest BCUT2D eigenvalue weighted by Gasteiger charge is -2.08. The van der Waals surface area contributed by atoms with E-state index >= 15 is 0 Å². The summed E-state index contributed by atoms with van der Waals surface area (Å²) in [6.45, 7) is 4.05. The third kappa shape index (κ3) is 2.55. The summed E-state index contributed by atoms with van der Waals surface area (Å²) >= 11 is 0. The molecule has 0 bridgehead atoms. The maximum absolute atomic E-state index is 13.3. The molecular weight excluding hydrogens is 179 g/mol. The molecule has 0 radical (unpaired) electrons. The van der Waals surface area contributed by atoms with Crippen molar-refractivity contribution in [2.24, 2.45) is 0 Å². The van der Waals surface area contributed by atoms with Crippen LogP contribution < -0.4 is 0 Å². The van der Waals surface area contributed by atoms with Crippen LogP contribution in [0, 0.1) is 12.7 Å². The molecule has 0 aliphatic heterocycles. The van der Waals surface area contributed by atoms with Gasteiger partial charge >= 0.3 is 0 Å². The van der Waals surface area contributed by atoms with Crippen molar-refractivity contribution in [2.75, 3.05) is 6.61 Å². The third-order valence-corrected chi connectivity index (χ3v) is 2.49. The highest BCUT2D eigenvalue weighted by Gasteiger charge is 2.05. The van der Waals surface area contributed by atoms with Crippen molar-refractivity contribution in [3.05, 3.63) is 34.6 Å². The van der Waals surface area contributed by atoms with Gasteiger partial charge < -0.3 is 5.11 Å². The third-order valence-electron chi connectivity index (χ3n) is 2.49. The Hall–Kier alpha value is -0.890. The zero-order valence-corrected chi connectivity index (χ0v) is 8.81. The summed E-state index contributed by atoms with van der Waals surface area (Å²) in [5.74, 6) is -0.113. The molecule has 1 aromatic carbocycles. The van der Waals surface area contributed by atoms with Crippen molar-refractivity contribution in [1.82, 2.24) is 0 Å².